The van der Waals surface area contributed by atoms with E-state index < -0.39 is 17.4 Å². The summed E-state index contributed by atoms with van der Waals surface area (Å²) in [5, 5.41) is 10.1. The van der Waals surface area contributed by atoms with Gasteiger partial charge in [-0.2, -0.15) is 5.26 Å². The Labute approximate surface area is 127 Å². The minimum absolute atomic E-state index is 0.222. The van der Waals surface area contributed by atoms with Gasteiger partial charge in [-0.05, 0) is 13.0 Å². The Balaban J connectivity index is 2.95. The highest BCUT2D eigenvalue weighted by atomic mass is 16.5. The van der Waals surface area contributed by atoms with E-state index in [4.69, 9.17) is 9.47 Å². The number of nitrogens with zero attached hydrogens (tertiary/aromatic N) is 2. The molecule has 0 saturated carbocycles. The number of rotatable bonds is 3. The fourth-order valence-corrected chi connectivity index (χ4v) is 2.73. The average molecular weight is 300 g/mol. The summed E-state index contributed by atoms with van der Waals surface area (Å²) in [7, 11) is 4.10. The van der Waals surface area contributed by atoms with Gasteiger partial charge in [0, 0.05) is 23.5 Å². The zero-order valence-corrected chi connectivity index (χ0v) is 12.8. The highest BCUT2D eigenvalue weighted by Crippen LogP contribution is 2.37. The van der Waals surface area contributed by atoms with Crippen LogP contribution in [0.4, 0.5) is 0 Å². The Morgan fingerprint density at radius 1 is 1.18 bits per heavy atom. The number of methoxy groups -OCH3 is 2. The van der Waals surface area contributed by atoms with Crippen LogP contribution in [0.1, 0.15) is 18.2 Å². The van der Waals surface area contributed by atoms with E-state index in [1.807, 2.05) is 12.1 Å². The molecule has 0 unspecified atom stereocenters. The van der Waals surface area contributed by atoms with Crippen molar-refractivity contribution >= 4 is 22.8 Å². The summed E-state index contributed by atoms with van der Waals surface area (Å²) in [5.74, 6) is -1.54. The minimum Gasteiger partial charge on any atom is -0.468 e. The normalized spacial score (nSPS) is 11.0. The van der Waals surface area contributed by atoms with Gasteiger partial charge in [0.2, 0.25) is 0 Å². The molecule has 0 amide bonds. The number of nitriles is 1. The Morgan fingerprint density at radius 2 is 1.73 bits per heavy atom. The lowest BCUT2D eigenvalue weighted by Crippen LogP contribution is -2.43. The van der Waals surface area contributed by atoms with Crippen LogP contribution >= 0.6 is 0 Å². The smallest absolute Gasteiger partial charge is 0.327 e. The van der Waals surface area contributed by atoms with Gasteiger partial charge in [0.25, 0.3) is 0 Å². The Bertz CT molecular complexity index is 782. The summed E-state index contributed by atoms with van der Waals surface area (Å²) in [6.07, 6.45) is 0. The van der Waals surface area contributed by atoms with Crippen molar-refractivity contribution in [3.8, 4) is 6.07 Å². The van der Waals surface area contributed by atoms with E-state index in [9.17, 15) is 14.9 Å². The number of aryl methyl sites for hydroxylation is 1. The molecule has 1 aromatic heterocycles. The van der Waals surface area contributed by atoms with Crippen molar-refractivity contribution in [2.75, 3.05) is 14.2 Å². The first-order valence-corrected chi connectivity index (χ1v) is 6.58. The first-order valence-electron chi connectivity index (χ1n) is 6.58. The zero-order valence-electron chi connectivity index (χ0n) is 12.8. The molecule has 6 heteroatoms. The van der Waals surface area contributed by atoms with E-state index in [1.54, 1.807) is 23.7 Å². The summed E-state index contributed by atoms with van der Waals surface area (Å²) in [6, 6.07) is 9.24. The minimum atomic E-state index is -1.71. The summed E-state index contributed by atoms with van der Waals surface area (Å²) in [6.45, 7) is 1.41. The number of carbonyl (C=O) groups excluding carboxylic acids is 2. The molecule has 0 aliphatic heterocycles. The molecule has 0 fully saturated rings. The maximum atomic E-state index is 12.3. The first kappa shape index (κ1) is 15.6. The monoisotopic (exact) mass is 300 g/mol. The van der Waals surface area contributed by atoms with Crippen LogP contribution < -0.4 is 0 Å². The van der Waals surface area contributed by atoms with Crippen LogP contribution in [0.25, 0.3) is 10.9 Å². The van der Waals surface area contributed by atoms with Crippen molar-refractivity contribution in [3.05, 3.63) is 35.5 Å². The summed E-state index contributed by atoms with van der Waals surface area (Å²) in [5.41, 5.74) is -0.450. The maximum absolute atomic E-state index is 12.3. The molecule has 1 heterocycles. The van der Waals surface area contributed by atoms with Gasteiger partial charge in [-0.3, -0.25) is 9.59 Å². The van der Waals surface area contributed by atoms with Crippen LogP contribution in [0, 0.1) is 11.3 Å². The van der Waals surface area contributed by atoms with Gasteiger partial charge < -0.3 is 14.0 Å². The largest absolute Gasteiger partial charge is 0.468 e. The molecule has 0 bridgehead atoms. The standard InChI is InChI=1S/C16H16N2O4/c1-16(14(19)21-3,15(20)22-4)13-10-7-5-6-8-11(10)18(2)12(13)9-17/h5-8H,1-4H3. The first-order chi connectivity index (χ1) is 10.4. The Morgan fingerprint density at radius 3 is 2.23 bits per heavy atom. The molecule has 1 aromatic carbocycles. The predicted octanol–water partition coefficient (Wildman–Crippen LogP) is 1.65. The van der Waals surface area contributed by atoms with Crippen molar-refractivity contribution in [2.24, 2.45) is 7.05 Å². The number of fused-ring (bicyclic) bond motifs is 1. The molecule has 0 aliphatic carbocycles. The molecule has 114 valence electrons. The molecule has 0 atom stereocenters. The van der Waals surface area contributed by atoms with Crippen molar-refractivity contribution in [1.82, 2.24) is 4.57 Å². The predicted molar refractivity (Wildman–Crippen MR) is 79.0 cm³/mol. The lowest BCUT2D eigenvalue weighted by molar-refractivity contribution is -0.160. The fraction of sp³-hybridized carbons (Fsp3) is 0.312. The highest BCUT2D eigenvalue weighted by Gasteiger charge is 2.49. The molecule has 0 spiro atoms. The van der Waals surface area contributed by atoms with Crippen molar-refractivity contribution in [3.63, 3.8) is 0 Å². The lowest BCUT2D eigenvalue weighted by Gasteiger charge is -2.24. The SMILES string of the molecule is COC(=O)C(C)(C(=O)OC)c1c(C#N)n(C)c2ccccc12. The Hall–Kier alpha value is -2.81. The third-order valence-electron chi connectivity index (χ3n) is 3.90. The topological polar surface area (TPSA) is 81.3 Å². The number of carbonyl (C=O) groups is 2. The molecule has 0 radical (unpaired) electrons. The van der Waals surface area contributed by atoms with Crippen LogP contribution in [0.2, 0.25) is 0 Å². The van der Waals surface area contributed by atoms with Gasteiger partial charge in [-0.15, -0.1) is 0 Å². The molecule has 0 saturated heterocycles. The van der Waals surface area contributed by atoms with E-state index in [0.717, 1.165) is 5.52 Å². The van der Waals surface area contributed by atoms with Crippen molar-refractivity contribution in [2.45, 2.75) is 12.3 Å². The number of benzene rings is 1. The molecule has 0 aliphatic rings. The summed E-state index contributed by atoms with van der Waals surface area (Å²) < 4.78 is 11.2. The second-order valence-corrected chi connectivity index (χ2v) is 5.02. The molecule has 2 rings (SSSR count). The zero-order chi connectivity index (χ0) is 16.5. The van der Waals surface area contributed by atoms with E-state index in [0.29, 0.717) is 10.9 Å². The van der Waals surface area contributed by atoms with E-state index >= 15 is 0 Å². The third kappa shape index (κ3) is 1.94. The van der Waals surface area contributed by atoms with Gasteiger partial charge in [0.1, 0.15) is 11.8 Å². The van der Waals surface area contributed by atoms with Gasteiger partial charge >= 0.3 is 11.9 Å². The quantitative estimate of drug-likeness (QED) is 0.636. The molecule has 0 N–H and O–H groups in total. The second kappa shape index (κ2) is 5.53. The molecule has 6 nitrogen and oxygen atoms in total. The Kier molecular flexibility index (Phi) is 3.91. The van der Waals surface area contributed by atoms with Crippen LogP contribution in [-0.4, -0.2) is 30.7 Å². The van der Waals surface area contributed by atoms with E-state index in [-0.39, 0.29) is 5.69 Å². The van der Waals surface area contributed by atoms with E-state index in [2.05, 4.69) is 6.07 Å². The average Bonchev–Trinajstić information content (AvgIpc) is 2.85. The third-order valence-corrected chi connectivity index (χ3v) is 3.90. The number of para-hydroxylation sites is 1. The van der Waals surface area contributed by atoms with Gasteiger partial charge in [-0.1, -0.05) is 18.2 Å². The number of hydrogen-bond acceptors (Lipinski definition) is 5. The number of ether oxygens (including phenoxy) is 2. The number of aromatic nitrogens is 1. The highest BCUT2D eigenvalue weighted by molar-refractivity contribution is 6.10. The van der Waals surface area contributed by atoms with Crippen LogP contribution in [0.5, 0.6) is 0 Å². The van der Waals surface area contributed by atoms with Crippen molar-refractivity contribution in [1.29, 1.82) is 5.26 Å². The van der Waals surface area contributed by atoms with Gasteiger partial charge in [0.05, 0.1) is 14.2 Å². The van der Waals surface area contributed by atoms with Crippen LogP contribution in [-0.2, 0) is 31.5 Å². The summed E-state index contributed by atoms with van der Waals surface area (Å²) in [4.78, 5) is 24.6. The van der Waals surface area contributed by atoms with Crippen LogP contribution in [0.3, 0.4) is 0 Å². The van der Waals surface area contributed by atoms with Gasteiger partial charge in [0.15, 0.2) is 5.41 Å². The van der Waals surface area contributed by atoms with Gasteiger partial charge in [-0.25, -0.2) is 0 Å². The summed E-state index contributed by atoms with van der Waals surface area (Å²) >= 11 is 0. The molecular weight excluding hydrogens is 284 g/mol. The fourth-order valence-electron chi connectivity index (χ4n) is 2.73. The lowest BCUT2D eigenvalue weighted by atomic mass is 9.80. The number of hydrogen-bond donors (Lipinski definition) is 0. The molecule has 22 heavy (non-hydrogen) atoms. The number of esters is 2. The molecular formula is C16H16N2O4. The maximum Gasteiger partial charge on any atom is 0.327 e. The van der Waals surface area contributed by atoms with Crippen molar-refractivity contribution < 1.29 is 19.1 Å². The van der Waals surface area contributed by atoms with Crippen LogP contribution in [0.15, 0.2) is 24.3 Å². The van der Waals surface area contributed by atoms with E-state index in [1.165, 1.54) is 21.1 Å². The molecule has 2 aromatic rings. The second-order valence-electron chi connectivity index (χ2n) is 5.02.